The van der Waals surface area contributed by atoms with Crippen molar-refractivity contribution in [3.63, 3.8) is 0 Å². The fourth-order valence-corrected chi connectivity index (χ4v) is 6.04. The molecule has 0 aliphatic rings. The summed E-state index contributed by atoms with van der Waals surface area (Å²) in [6.07, 6.45) is -0.771. The molecule has 2 N–H and O–H groups in total. The van der Waals surface area contributed by atoms with Crippen LogP contribution in [0, 0.1) is 0 Å². The molecule has 2 aromatic heterocycles. The van der Waals surface area contributed by atoms with E-state index in [-0.39, 0.29) is 48.0 Å². The second-order valence-electron chi connectivity index (χ2n) is 13.2. The number of rotatable bonds is 14. The lowest BCUT2D eigenvalue weighted by Gasteiger charge is -2.17. The Balaban J connectivity index is 0.813. The van der Waals surface area contributed by atoms with Crippen LogP contribution in [0.25, 0.3) is 45.1 Å². The second kappa shape index (κ2) is 15.6. The summed E-state index contributed by atoms with van der Waals surface area (Å²) >= 11 is 0. The van der Waals surface area contributed by atoms with Gasteiger partial charge in [0.1, 0.15) is 71.0 Å². The summed E-state index contributed by atoms with van der Waals surface area (Å²) in [7, 11) is 0. The highest BCUT2D eigenvalue weighted by Crippen LogP contribution is 2.32. The highest BCUT2D eigenvalue weighted by Gasteiger charge is 2.20. The van der Waals surface area contributed by atoms with Crippen molar-refractivity contribution in [2.45, 2.75) is 26.1 Å². The Morgan fingerprint density at radius 2 is 0.946 bits per heavy atom. The van der Waals surface area contributed by atoms with Crippen molar-refractivity contribution < 1.29 is 42.8 Å². The van der Waals surface area contributed by atoms with Crippen molar-refractivity contribution in [3.05, 3.63) is 145 Å². The quantitative estimate of drug-likeness (QED) is 0.103. The van der Waals surface area contributed by atoms with E-state index in [0.717, 1.165) is 33.3 Å². The van der Waals surface area contributed by atoms with Gasteiger partial charge in [-0.05, 0) is 111 Å². The molecule has 0 aliphatic heterocycles. The van der Waals surface area contributed by atoms with Crippen LogP contribution in [0.5, 0.6) is 34.5 Å². The Labute approximate surface area is 321 Å². The van der Waals surface area contributed by atoms with Gasteiger partial charge in [-0.25, -0.2) is 9.97 Å². The Kier molecular flexibility index (Phi) is 9.96. The van der Waals surface area contributed by atoms with Crippen molar-refractivity contribution in [1.29, 1.82) is 0 Å². The fourth-order valence-electron chi connectivity index (χ4n) is 6.04. The van der Waals surface area contributed by atoms with Crippen LogP contribution >= 0.6 is 0 Å². The molecule has 0 fully saturated rings. The molecule has 0 saturated carbocycles. The third kappa shape index (κ3) is 7.97. The number of nitrogens with zero attached hydrogens (tertiary/aromatic N) is 2. The van der Waals surface area contributed by atoms with Crippen LogP contribution in [-0.2, 0) is 0 Å². The van der Waals surface area contributed by atoms with Gasteiger partial charge in [0.15, 0.2) is 16.9 Å². The molecule has 8 aromatic rings. The maximum atomic E-state index is 13.3. The van der Waals surface area contributed by atoms with Crippen LogP contribution in [0.3, 0.4) is 0 Å². The van der Waals surface area contributed by atoms with Crippen LogP contribution in [0.4, 0.5) is 0 Å². The van der Waals surface area contributed by atoms with Gasteiger partial charge >= 0.3 is 0 Å². The number of ether oxygens (including phenoxy) is 4. The lowest BCUT2D eigenvalue weighted by Crippen LogP contribution is -2.21. The summed E-state index contributed by atoms with van der Waals surface area (Å²) in [6.45, 7) is 4.12. The van der Waals surface area contributed by atoms with Gasteiger partial charge in [0.05, 0.1) is 11.1 Å². The second-order valence-corrected chi connectivity index (χ2v) is 13.2. The molecule has 0 saturated heterocycles. The van der Waals surface area contributed by atoms with Gasteiger partial charge in [0, 0.05) is 23.3 Å². The fraction of sp³-hybridized carbons (Fsp3) is 0.133. The number of benzene rings is 6. The molecule has 0 radical (unpaired) electrons. The Morgan fingerprint density at radius 3 is 1.34 bits per heavy atom. The van der Waals surface area contributed by atoms with Crippen LogP contribution in [0.15, 0.2) is 142 Å². The monoisotopic (exact) mass is 748 g/mol. The zero-order chi connectivity index (χ0) is 38.6. The summed E-state index contributed by atoms with van der Waals surface area (Å²) in [6, 6.07) is 38.8. The largest absolute Gasteiger partial charge is 0.507 e. The standard InChI is InChI=1S/C45H36N2O9/c1-27(25-51-31-15-11-29(12-16-31)44-46-37-7-3-5-9-41(37)55-44)53-33-19-21-35(39(48)23-33)43(50)36-22-20-34(24-40(36)49)54-28(2)26-52-32-17-13-30(14-18-32)45-47-38-8-4-6-10-42(38)56-45/h3-24,27-28,48-49H,25-26H2,1-2H3. The molecule has 0 spiro atoms. The normalized spacial score (nSPS) is 12.3. The molecule has 0 aliphatic carbocycles. The molecule has 6 aromatic carbocycles. The highest BCUT2D eigenvalue weighted by atomic mass is 16.5. The topological polar surface area (TPSA) is 147 Å². The summed E-state index contributed by atoms with van der Waals surface area (Å²) in [4.78, 5) is 22.4. The molecule has 2 atom stereocenters. The van der Waals surface area contributed by atoms with Crippen molar-refractivity contribution in [3.8, 4) is 57.4 Å². The number of fused-ring (bicyclic) bond motifs is 2. The van der Waals surface area contributed by atoms with Gasteiger partial charge < -0.3 is 38.0 Å². The Morgan fingerprint density at radius 1 is 0.554 bits per heavy atom. The number of phenolic OH excluding ortho intramolecular Hbond substituents is 2. The number of carbonyl (C=O) groups excluding carboxylic acids is 1. The predicted octanol–water partition coefficient (Wildman–Crippen LogP) is 9.64. The van der Waals surface area contributed by atoms with Crippen LogP contribution < -0.4 is 18.9 Å². The van der Waals surface area contributed by atoms with Crippen molar-refractivity contribution in [2.24, 2.45) is 0 Å². The van der Waals surface area contributed by atoms with E-state index in [4.69, 9.17) is 27.8 Å². The van der Waals surface area contributed by atoms with Gasteiger partial charge in [-0.15, -0.1) is 0 Å². The van der Waals surface area contributed by atoms with Gasteiger partial charge in [-0.3, -0.25) is 4.79 Å². The molecule has 0 amide bonds. The minimum atomic E-state index is -0.562. The van der Waals surface area contributed by atoms with Crippen molar-refractivity contribution >= 4 is 28.0 Å². The van der Waals surface area contributed by atoms with Gasteiger partial charge in [0.2, 0.25) is 11.8 Å². The molecular formula is C45H36N2O9. The molecule has 56 heavy (non-hydrogen) atoms. The van der Waals surface area contributed by atoms with E-state index in [1.165, 1.54) is 24.3 Å². The van der Waals surface area contributed by atoms with Gasteiger partial charge in [-0.2, -0.15) is 0 Å². The minimum Gasteiger partial charge on any atom is -0.507 e. The molecule has 2 heterocycles. The van der Waals surface area contributed by atoms with E-state index in [9.17, 15) is 15.0 Å². The molecule has 8 rings (SSSR count). The average Bonchev–Trinajstić information content (AvgIpc) is 3.85. The first-order valence-electron chi connectivity index (χ1n) is 18.0. The molecule has 11 nitrogen and oxygen atoms in total. The molecule has 11 heteroatoms. The lowest BCUT2D eigenvalue weighted by atomic mass is 10.0. The van der Waals surface area contributed by atoms with Crippen molar-refractivity contribution in [1.82, 2.24) is 9.97 Å². The Bertz CT molecular complexity index is 2380. The van der Waals surface area contributed by atoms with Gasteiger partial charge in [-0.1, -0.05) is 24.3 Å². The van der Waals surface area contributed by atoms with E-state index < -0.39 is 5.78 Å². The highest BCUT2D eigenvalue weighted by molar-refractivity contribution is 6.12. The number of hydrogen-bond donors (Lipinski definition) is 2. The zero-order valence-corrected chi connectivity index (χ0v) is 30.4. The maximum Gasteiger partial charge on any atom is 0.227 e. The van der Waals surface area contributed by atoms with Crippen molar-refractivity contribution in [2.75, 3.05) is 13.2 Å². The van der Waals surface area contributed by atoms with E-state index in [2.05, 4.69) is 9.97 Å². The number of oxazole rings is 2. The van der Waals surface area contributed by atoms with Crippen LogP contribution in [0.1, 0.15) is 29.8 Å². The third-order valence-corrected chi connectivity index (χ3v) is 8.86. The van der Waals surface area contributed by atoms with E-state index >= 15 is 0 Å². The number of carbonyl (C=O) groups is 1. The van der Waals surface area contributed by atoms with E-state index in [0.29, 0.717) is 34.8 Å². The van der Waals surface area contributed by atoms with Gasteiger partial charge in [0.25, 0.3) is 0 Å². The predicted molar refractivity (Wildman–Crippen MR) is 210 cm³/mol. The molecule has 2 unspecified atom stereocenters. The summed E-state index contributed by atoms with van der Waals surface area (Å²) < 4.78 is 35.4. The SMILES string of the molecule is CC(COc1ccc(-c2nc3ccccc3o2)cc1)Oc1ccc(C(=O)c2ccc(OC(C)COc3ccc(-c4nc5ccccc5o4)cc3)cc2O)c(O)c1. The number of aromatic nitrogens is 2. The maximum absolute atomic E-state index is 13.3. The number of aromatic hydroxyl groups is 2. The number of phenols is 2. The smallest absolute Gasteiger partial charge is 0.227 e. The van der Waals surface area contributed by atoms with Crippen LogP contribution in [0.2, 0.25) is 0 Å². The van der Waals surface area contributed by atoms with Crippen LogP contribution in [-0.4, -0.2) is 51.4 Å². The lowest BCUT2D eigenvalue weighted by molar-refractivity contribution is 0.103. The first-order valence-corrected chi connectivity index (χ1v) is 18.0. The zero-order valence-electron chi connectivity index (χ0n) is 30.4. The first kappa shape index (κ1) is 35.7. The summed E-state index contributed by atoms with van der Waals surface area (Å²) in [5.41, 5.74) is 4.70. The third-order valence-electron chi connectivity index (χ3n) is 8.86. The number of hydrogen-bond acceptors (Lipinski definition) is 11. The first-order chi connectivity index (χ1) is 27.3. The summed E-state index contributed by atoms with van der Waals surface area (Å²) in [5, 5.41) is 21.5. The molecule has 0 bridgehead atoms. The number of para-hydroxylation sites is 4. The average molecular weight is 749 g/mol. The summed E-state index contributed by atoms with van der Waals surface area (Å²) in [5.74, 6) is 1.91. The van der Waals surface area contributed by atoms with E-state index in [1.54, 1.807) is 12.1 Å². The molecule has 280 valence electrons. The molecular weight excluding hydrogens is 713 g/mol. The van der Waals surface area contributed by atoms with E-state index in [1.807, 2.05) is 111 Å². The Hall–Kier alpha value is -7.27. The minimum absolute atomic E-state index is 0.00754. The number of ketones is 1.